The quantitative estimate of drug-likeness (QED) is 0.335. The molecule has 6 rings (SSSR count). The molecule has 4 saturated carbocycles. The first-order valence-corrected chi connectivity index (χ1v) is 11.5. The van der Waals surface area contributed by atoms with Crippen LogP contribution in [0.3, 0.4) is 0 Å². The summed E-state index contributed by atoms with van der Waals surface area (Å²) in [6, 6.07) is 16.2. The van der Waals surface area contributed by atoms with Crippen LogP contribution in [-0.4, -0.2) is 18.7 Å². The number of fused-ring (bicyclic) bond motifs is 1. The maximum absolute atomic E-state index is 11.1. The van der Waals surface area contributed by atoms with Crippen LogP contribution < -0.4 is 4.74 Å². The molecule has 156 valence electrons. The monoisotopic (exact) mass is 401 g/mol. The molecular formula is C27H31NO2. The first-order valence-electron chi connectivity index (χ1n) is 11.5. The Bertz CT molecular complexity index is 914. The summed E-state index contributed by atoms with van der Waals surface area (Å²) in [7, 11) is 0. The van der Waals surface area contributed by atoms with Gasteiger partial charge in [-0.3, -0.25) is 9.79 Å². The molecule has 0 heterocycles. The standard InChI is InChI=1S/C27H31NO2/c1-19(29)30-26-8-6-25(7-9-26)24-4-2-20(3-5-24)17-28-18-27-11-10-21-12-22(15-27)14-23(13-21)16-27/h2-9,17,21-23H,10-16,18H2,1H3/t21?,22-,23-,27?/m0/s1. The van der Waals surface area contributed by atoms with Crippen molar-refractivity contribution < 1.29 is 9.53 Å². The second-order valence-electron chi connectivity index (χ2n) is 9.96. The number of aliphatic imine (C=N–C) groups is 1. The summed E-state index contributed by atoms with van der Waals surface area (Å²) in [5, 5.41) is 0. The van der Waals surface area contributed by atoms with E-state index in [4.69, 9.17) is 9.73 Å². The van der Waals surface area contributed by atoms with E-state index in [1.165, 1.54) is 51.9 Å². The Kier molecular flexibility index (Phi) is 5.22. The van der Waals surface area contributed by atoms with Gasteiger partial charge in [-0.15, -0.1) is 0 Å². The van der Waals surface area contributed by atoms with Crippen molar-refractivity contribution in [3.8, 4) is 16.9 Å². The van der Waals surface area contributed by atoms with Gasteiger partial charge in [0.2, 0.25) is 0 Å². The van der Waals surface area contributed by atoms with Gasteiger partial charge in [0.25, 0.3) is 0 Å². The number of carbonyl (C=O) groups excluding carboxylic acids is 1. The van der Waals surface area contributed by atoms with Gasteiger partial charge in [0.05, 0.1) is 0 Å². The number of hydrogen-bond donors (Lipinski definition) is 0. The molecule has 4 fully saturated rings. The van der Waals surface area contributed by atoms with Gasteiger partial charge in [-0.1, -0.05) is 36.4 Å². The summed E-state index contributed by atoms with van der Waals surface area (Å²) in [4.78, 5) is 16.0. The number of hydrogen-bond acceptors (Lipinski definition) is 3. The van der Waals surface area contributed by atoms with Gasteiger partial charge < -0.3 is 4.74 Å². The molecule has 4 aliphatic rings. The van der Waals surface area contributed by atoms with E-state index >= 15 is 0 Å². The van der Waals surface area contributed by atoms with Crippen molar-refractivity contribution in [3.05, 3.63) is 54.1 Å². The summed E-state index contributed by atoms with van der Waals surface area (Å²) in [6.45, 7) is 2.42. The molecule has 0 unspecified atom stereocenters. The summed E-state index contributed by atoms with van der Waals surface area (Å²) in [5.74, 6) is 3.25. The summed E-state index contributed by atoms with van der Waals surface area (Å²) in [6.07, 6.45) is 12.2. The van der Waals surface area contributed by atoms with Crippen LogP contribution in [0.1, 0.15) is 57.4 Å². The third kappa shape index (κ3) is 4.21. The fourth-order valence-corrected chi connectivity index (χ4v) is 6.49. The van der Waals surface area contributed by atoms with Gasteiger partial charge in [-0.25, -0.2) is 0 Å². The lowest BCUT2D eigenvalue weighted by Gasteiger charge is -2.44. The predicted molar refractivity (Wildman–Crippen MR) is 121 cm³/mol. The SMILES string of the molecule is CC(=O)Oc1ccc(-c2ccc(C=NCC34CCC5C[C@@H](C[C@H](C5)C3)C4)cc2)cc1. The van der Waals surface area contributed by atoms with Gasteiger partial charge in [-0.05, 0) is 96.9 Å². The van der Waals surface area contributed by atoms with E-state index in [0.717, 1.165) is 41.0 Å². The zero-order valence-corrected chi connectivity index (χ0v) is 17.8. The molecule has 0 N–H and O–H groups in total. The predicted octanol–water partition coefficient (Wildman–Crippen LogP) is 6.30. The molecule has 4 aliphatic carbocycles. The van der Waals surface area contributed by atoms with Crippen molar-refractivity contribution in [2.24, 2.45) is 28.2 Å². The topological polar surface area (TPSA) is 38.7 Å². The van der Waals surface area contributed by atoms with Crippen LogP contribution in [0.4, 0.5) is 0 Å². The molecule has 0 aromatic heterocycles. The Morgan fingerprint density at radius 1 is 0.967 bits per heavy atom. The highest BCUT2D eigenvalue weighted by Crippen LogP contribution is 2.57. The van der Waals surface area contributed by atoms with Crippen LogP contribution in [0.2, 0.25) is 0 Å². The Balaban J connectivity index is 1.23. The van der Waals surface area contributed by atoms with E-state index in [1.54, 1.807) is 0 Å². The fraction of sp³-hybridized carbons (Fsp3) is 0.481. The first-order chi connectivity index (χ1) is 14.6. The zero-order chi connectivity index (χ0) is 20.6. The third-order valence-electron chi connectivity index (χ3n) is 7.55. The molecule has 0 spiro atoms. The summed E-state index contributed by atoms with van der Waals surface area (Å²) >= 11 is 0. The van der Waals surface area contributed by atoms with E-state index < -0.39 is 0 Å². The van der Waals surface area contributed by atoms with Gasteiger partial charge in [-0.2, -0.15) is 0 Å². The number of carbonyl (C=O) groups is 1. The van der Waals surface area contributed by atoms with Crippen LogP contribution in [0, 0.1) is 23.2 Å². The largest absolute Gasteiger partial charge is 0.427 e. The Morgan fingerprint density at radius 2 is 1.57 bits per heavy atom. The van der Waals surface area contributed by atoms with Gasteiger partial charge in [0.1, 0.15) is 5.75 Å². The Hall–Kier alpha value is -2.42. The molecule has 30 heavy (non-hydrogen) atoms. The Labute approximate surface area is 179 Å². The molecule has 2 aromatic carbocycles. The van der Waals surface area contributed by atoms with E-state index in [0.29, 0.717) is 11.2 Å². The van der Waals surface area contributed by atoms with Crippen molar-refractivity contribution >= 4 is 12.2 Å². The lowest BCUT2D eigenvalue weighted by Crippen LogP contribution is -2.36. The highest BCUT2D eigenvalue weighted by molar-refractivity contribution is 5.81. The number of esters is 1. The van der Waals surface area contributed by atoms with E-state index in [1.807, 2.05) is 24.3 Å². The zero-order valence-electron chi connectivity index (χ0n) is 17.8. The molecule has 0 amide bonds. The number of rotatable bonds is 5. The lowest BCUT2D eigenvalue weighted by atomic mass is 9.61. The van der Waals surface area contributed by atoms with Crippen LogP contribution in [0.15, 0.2) is 53.5 Å². The average Bonchev–Trinajstić information content (AvgIpc) is 2.92. The fourth-order valence-electron chi connectivity index (χ4n) is 6.49. The maximum Gasteiger partial charge on any atom is 0.308 e. The van der Waals surface area contributed by atoms with Crippen molar-refractivity contribution in [1.82, 2.24) is 0 Å². The molecule has 2 atom stereocenters. The summed E-state index contributed by atoms with van der Waals surface area (Å²) < 4.78 is 5.11. The normalized spacial score (nSPS) is 29.8. The van der Waals surface area contributed by atoms with E-state index in [-0.39, 0.29) is 5.97 Å². The number of ether oxygens (including phenoxy) is 1. The first kappa shape index (κ1) is 19.5. The van der Waals surface area contributed by atoms with Crippen molar-refractivity contribution in [3.63, 3.8) is 0 Å². The van der Waals surface area contributed by atoms with Crippen LogP contribution in [0.25, 0.3) is 11.1 Å². The van der Waals surface area contributed by atoms with Gasteiger partial charge in [0.15, 0.2) is 0 Å². The average molecular weight is 402 g/mol. The molecule has 0 aliphatic heterocycles. The number of benzene rings is 2. The van der Waals surface area contributed by atoms with Crippen LogP contribution in [-0.2, 0) is 4.79 Å². The summed E-state index contributed by atoms with van der Waals surface area (Å²) in [5.41, 5.74) is 3.91. The highest BCUT2D eigenvalue weighted by Gasteiger charge is 2.47. The smallest absolute Gasteiger partial charge is 0.308 e. The number of nitrogens with zero attached hydrogens (tertiary/aromatic N) is 1. The molecule has 0 saturated heterocycles. The minimum absolute atomic E-state index is 0.296. The molecule has 2 aromatic rings. The second-order valence-corrected chi connectivity index (χ2v) is 9.96. The lowest BCUT2D eigenvalue weighted by molar-refractivity contribution is -0.131. The highest BCUT2D eigenvalue weighted by atomic mass is 16.5. The molecular weight excluding hydrogens is 370 g/mol. The second kappa shape index (κ2) is 8.02. The third-order valence-corrected chi connectivity index (χ3v) is 7.55. The molecule has 3 heteroatoms. The van der Waals surface area contributed by atoms with E-state index in [9.17, 15) is 4.79 Å². The molecule has 4 bridgehead atoms. The Morgan fingerprint density at radius 3 is 2.20 bits per heavy atom. The maximum atomic E-state index is 11.1. The minimum atomic E-state index is -0.296. The van der Waals surface area contributed by atoms with Crippen molar-refractivity contribution in [1.29, 1.82) is 0 Å². The minimum Gasteiger partial charge on any atom is -0.427 e. The van der Waals surface area contributed by atoms with Crippen LogP contribution >= 0.6 is 0 Å². The van der Waals surface area contributed by atoms with Crippen molar-refractivity contribution in [2.45, 2.75) is 51.9 Å². The van der Waals surface area contributed by atoms with E-state index in [2.05, 4.69) is 30.5 Å². The van der Waals surface area contributed by atoms with Gasteiger partial charge in [0, 0.05) is 19.7 Å². The molecule has 0 radical (unpaired) electrons. The molecule has 3 nitrogen and oxygen atoms in total. The van der Waals surface area contributed by atoms with Crippen molar-refractivity contribution in [2.75, 3.05) is 6.54 Å². The van der Waals surface area contributed by atoms with Gasteiger partial charge >= 0.3 is 5.97 Å². The van der Waals surface area contributed by atoms with Crippen LogP contribution in [0.5, 0.6) is 5.75 Å².